The maximum absolute atomic E-state index is 12.1. The number of nitrogens with zero attached hydrogens (tertiary/aromatic N) is 3. The minimum atomic E-state index is -1.18. The van der Waals surface area contributed by atoms with Crippen LogP contribution in [0.4, 0.5) is 0 Å². The van der Waals surface area contributed by atoms with E-state index in [0.29, 0.717) is 6.42 Å². The summed E-state index contributed by atoms with van der Waals surface area (Å²) in [6.07, 6.45) is 6.90. The number of hydrogen-bond donors (Lipinski definition) is 2. The van der Waals surface area contributed by atoms with Gasteiger partial charge in [-0.3, -0.25) is 4.79 Å². The molecular formula is C16H23N3O4. The molecule has 1 aromatic heterocycles. The van der Waals surface area contributed by atoms with Gasteiger partial charge in [-0.05, 0) is 26.3 Å². The Kier molecular flexibility index (Phi) is 4.01. The molecule has 1 aliphatic carbocycles. The summed E-state index contributed by atoms with van der Waals surface area (Å²) >= 11 is 0. The molecule has 1 saturated heterocycles. The van der Waals surface area contributed by atoms with Crippen LogP contribution in [0.25, 0.3) is 0 Å². The Hall–Kier alpha value is -1.73. The molecule has 3 rings (SSSR count). The summed E-state index contributed by atoms with van der Waals surface area (Å²) in [4.78, 5) is 29.0. The van der Waals surface area contributed by atoms with Gasteiger partial charge in [0.1, 0.15) is 0 Å². The number of aromatic nitrogens is 2. The number of carboxylic acid groups (broad SMARTS) is 1. The minimum absolute atomic E-state index is 0.127. The van der Waals surface area contributed by atoms with E-state index in [0.717, 1.165) is 45.0 Å². The van der Waals surface area contributed by atoms with Crippen LogP contribution in [0, 0.1) is 5.41 Å². The second-order valence-electron chi connectivity index (χ2n) is 7.05. The van der Waals surface area contributed by atoms with Crippen molar-refractivity contribution in [3.8, 4) is 0 Å². The largest absolute Gasteiger partial charge is 0.476 e. The number of rotatable bonds is 3. The highest BCUT2D eigenvalue weighted by molar-refractivity contribution is 5.84. The van der Waals surface area contributed by atoms with Crippen molar-refractivity contribution in [2.45, 2.75) is 44.2 Å². The van der Waals surface area contributed by atoms with Crippen molar-refractivity contribution in [2.75, 3.05) is 20.1 Å². The van der Waals surface area contributed by atoms with Crippen LogP contribution < -0.4 is 5.56 Å². The Morgan fingerprint density at radius 1 is 1.35 bits per heavy atom. The van der Waals surface area contributed by atoms with Crippen LogP contribution >= 0.6 is 0 Å². The molecule has 1 saturated carbocycles. The third-order valence-corrected chi connectivity index (χ3v) is 5.55. The number of carboxylic acids is 1. The molecule has 7 nitrogen and oxygen atoms in total. The lowest BCUT2D eigenvalue weighted by molar-refractivity contribution is -0.139. The molecule has 1 atom stereocenters. The SMILES string of the molecule is CN1CCC(O)(Cn2cc(C(=O)O)ncc2=O)C2(CCCC2)C1. The number of hydrogen-bond acceptors (Lipinski definition) is 5. The van der Waals surface area contributed by atoms with Crippen LogP contribution in [0.5, 0.6) is 0 Å². The third-order valence-electron chi connectivity index (χ3n) is 5.55. The van der Waals surface area contributed by atoms with E-state index < -0.39 is 11.6 Å². The van der Waals surface area contributed by atoms with Gasteiger partial charge in [-0.15, -0.1) is 0 Å². The molecule has 7 heteroatoms. The van der Waals surface area contributed by atoms with Crippen molar-refractivity contribution in [3.05, 3.63) is 28.4 Å². The van der Waals surface area contributed by atoms with Crippen LogP contribution in [-0.4, -0.2) is 56.4 Å². The summed E-state index contributed by atoms with van der Waals surface area (Å²) in [6.45, 7) is 1.71. The molecule has 23 heavy (non-hydrogen) atoms. The molecule has 2 N–H and O–H groups in total. The normalized spacial score (nSPS) is 27.4. The van der Waals surface area contributed by atoms with Gasteiger partial charge in [0.25, 0.3) is 5.56 Å². The van der Waals surface area contributed by atoms with E-state index in [4.69, 9.17) is 5.11 Å². The smallest absolute Gasteiger partial charge is 0.356 e. The van der Waals surface area contributed by atoms with Crippen LogP contribution in [0.3, 0.4) is 0 Å². The van der Waals surface area contributed by atoms with Gasteiger partial charge in [-0.1, -0.05) is 12.8 Å². The molecule has 2 fully saturated rings. The third kappa shape index (κ3) is 2.79. The van der Waals surface area contributed by atoms with Gasteiger partial charge < -0.3 is 19.7 Å². The van der Waals surface area contributed by atoms with Crippen LogP contribution in [-0.2, 0) is 6.54 Å². The predicted molar refractivity (Wildman–Crippen MR) is 83.4 cm³/mol. The lowest BCUT2D eigenvalue weighted by Gasteiger charge is -2.51. The van der Waals surface area contributed by atoms with E-state index in [1.165, 1.54) is 10.8 Å². The zero-order chi connectivity index (χ0) is 16.7. The fourth-order valence-corrected chi connectivity index (χ4v) is 4.27. The molecule has 2 heterocycles. The lowest BCUT2D eigenvalue weighted by atomic mass is 9.66. The summed E-state index contributed by atoms with van der Waals surface area (Å²) in [5, 5.41) is 20.5. The second kappa shape index (κ2) is 5.72. The van der Waals surface area contributed by atoms with E-state index in [-0.39, 0.29) is 23.2 Å². The molecule has 0 radical (unpaired) electrons. The first-order valence-corrected chi connectivity index (χ1v) is 8.06. The highest BCUT2D eigenvalue weighted by Crippen LogP contribution is 2.51. The summed E-state index contributed by atoms with van der Waals surface area (Å²) in [6, 6.07) is 0. The molecule has 1 aromatic rings. The fraction of sp³-hybridized carbons (Fsp3) is 0.688. The molecule has 1 unspecified atom stereocenters. The van der Waals surface area contributed by atoms with Gasteiger partial charge in [-0.2, -0.15) is 0 Å². The quantitative estimate of drug-likeness (QED) is 0.845. The minimum Gasteiger partial charge on any atom is -0.476 e. The highest BCUT2D eigenvalue weighted by atomic mass is 16.4. The second-order valence-corrected chi connectivity index (χ2v) is 7.05. The number of likely N-dealkylation sites (tertiary alicyclic amines) is 1. The first-order chi connectivity index (χ1) is 10.9. The van der Waals surface area contributed by atoms with Crippen molar-refractivity contribution in [1.82, 2.24) is 14.5 Å². The van der Waals surface area contributed by atoms with E-state index in [1.807, 2.05) is 0 Å². The van der Waals surface area contributed by atoms with Crippen LogP contribution in [0.2, 0.25) is 0 Å². The van der Waals surface area contributed by atoms with Crippen molar-refractivity contribution >= 4 is 5.97 Å². The fourth-order valence-electron chi connectivity index (χ4n) is 4.27. The molecule has 1 spiro atoms. The van der Waals surface area contributed by atoms with Gasteiger partial charge in [0.05, 0.1) is 18.3 Å². The first kappa shape index (κ1) is 16.1. The van der Waals surface area contributed by atoms with Gasteiger partial charge in [0, 0.05) is 24.7 Å². The topological polar surface area (TPSA) is 95.7 Å². The monoisotopic (exact) mass is 321 g/mol. The zero-order valence-corrected chi connectivity index (χ0v) is 13.4. The Balaban J connectivity index is 1.95. The van der Waals surface area contributed by atoms with Crippen molar-refractivity contribution < 1.29 is 15.0 Å². The van der Waals surface area contributed by atoms with E-state index in [1.54, 1.807) is 0 Å². The van der Waals surface area contributed by atoms with Gasteiger partial charge in [0.2, 0.25) is 0 Å². The Morgan fingerprint density at radius 2 is 2.04 bits per heavy atom. The number of aromatic carboxylic acids is 1. The Morgan fingerprint density at radius 3 is 2.70 bits per heavy atom. The number of aliphatic hydroxyl groups is 1. The molecule has 0 bridgehead atoms. The highest BCUT2D eigenvalue weighted by Gasteiger charge is 2.54. The molecule has 2 aliphatic rings. The number of carbonyl (C=O) groups is 1. The average molecular weight is 321 g/mol. The maximum atomic E-state index is 12.1. The first-order valence-electron chi connectivity index (χ1n) is 8.06. The van der Waals surface area contributed by atoms with Crippen molar-refractivity contribution in [3.63, 3.8) is 0 Å². The summed E-state index contributed by atoms with van der Waals surface area (Å²) in [5.74, 6) is -1.18. The Labute approximate surface area is 134 Å². The molecule has 126 valence electrons. The summed E-state index contributed by atoms with van der Waals surface area (Å²) < 4.78 is 1.31. The Bertz CT molecular complexity index is 666. The maximum Gasteiger partial charge on any atom is 0.356 e. The van der Waals surface area contributed by atoms with E-state index >= 15 is 0 Å². The van der Waals surface area contributed by atoms with E-state index in [2.05, 4.69) is 16.9 Å². The predicted octanol–water partition coefficient (Wildman–Crippen LogP) is 0.568. The standard InChI is InChI=1S/C16H23N3O4/c1-18-7-6-16(23,15(10-18)4-2-3-5-15)11-19-9-12(14(21)22)17-8-13(19)20/h8-9,23H,2-7,10-11H2,1H3,(H,21,22). The summed E-state index contributed by atoms with van der Waals surface area (Å²) in [5.41, 5.74) is -1.76. The number of piperidine rings is 1. The average Bonchev–Trinajstić information content (AvgIpc) is 2.96. The molecule has 0 amide bonds. The van der Waals surface area contributed by atoms with Gasteiger partial charge in [0.15, 0.2) is 5.69 Å². The molecule has 1 aliphatic heterocycles. The molecule has 0 aromatic carbocycles. The molecular weight excluding hydrogens is 298 g/mol. The lowest BCUT2D eigenvalue weighted by Crippen LogP contribution is -2.60. The van der Waals surface area contributed by atoms with Crippen molar-refractivity contribution in [1.29, 1.82) is 0 Å². The van der Waals surface area contributed by atoms with Crippen molar-refractivity contribution in [2.24, 2.45) is 5.41 Å². The van der Waals surface area contributed by atoms with Gasteiger partial charge in [-0.25, -0.2) is 9.78 Å². The van der Waals surface area contributed by atoms with Crippen LogP contribution in [0.15, 0.2) is 17.2 Å². The zero-order valence-electron chi connectivity index (χ0n) is 13.4. The van der Waals surface area contributed by atoms with Crippen LogP contribution in [0.1, 0.15) is 42.6 Å². The van der Waals surface area contributed by atoms with Gasteiger partial charge >= 0.3 is 5.97 Å². The summed E-state index contributed by atoms with van der Waals surface area (Å²) in [7, 11) is 2.06. The van der Waals surface area contributed by atoms with E-state index in [9.17, 15) is 14.7 Å².